The molecule has 1 aliphatic rings. The van der Waals surface area contributed by atoms with Crippen molar-refractivity contribution in [1.29, 1.82) is 0 Å². The third-order valence-corrected chi connectivity index (χ3v) is 5.86. The summed E-state index contributed by atoms with van der Waals surface area (Å²) in [6.45, 7) is 6.68. The van der Waals surface area contributed by atoms with E-state index < -0.39 is 0 Å². The molecule has 1 saturated heterocycles. The lowest BCUT2D eigenvalue weighted by atomic mass is 10.1. The van der Waals surface area contributed by atoms with Crippen LogP contribution in [0.15, 0.2) is 58.2 Å². The highest BCUT2D eigenvalue weighted by atomic mass is 32.2. The Labute approximate surface area is 163 Å². The molecule has 5 nitrogen and oxygen atoms in total. The Kier molecular flexibility index (Phi) is 5.45. The Morgan fingerprint density at radius 1 is 1.07 bits per heavy atom. The van der Waals surface area contributed by atoms with Gasteiger partial charge in [0.05, 0.1) is 0 Å². The van der Waals surface area contributed by atoms with E-state index >= 15 is 0 Å². The van der Waals surface area contributed by atoms with E-state index in [0.29, 0.717) is 11.0 Å². The molecule has 2 aromatic carbocycles. The number of carbonyl (C=O) groups is 1. The molecule has 0 aliphatic carbocycles. The van der Waals surface area contributed by atoms with Gasteiger partial charge in [0.25, 0.3) is 11.1 Å². The summed E-state index contributed by atoms with van der Waals surface area (Å²) in [7, 11) is 0. The second kappa shape index (κ2) is 8.15. The zero-order chi connectivity index (χ0) is 18.6. The molecule has 0 bridgehead atoms. The van der Waals surface area contributed by atoms with Gasteiger partial charge >= 0.3 is 0 Å². The lowest BCUT2D eigenvalue weighted by Gasteiger charge is -2.34. The summed E-state index contributed by atoms with van der Waals surface area (Å²) in [5.41, 5.74) is 3.45. The first-order valence-electron chi connectivity index (χ1n) is 9.32. The lowest BCUT2D eigenvalue weighted by molar-refractivity contribution is 0.0642. The van der Waals surface area contributed by atoms with Crippen molar-refractivity contribution in [2.45, 2.75) is 17.9 Å². The van der Waals surface area contributed by atoms with Crippen LogP contribution in [0.25, 0.3) is 11.1 Å². The van der Waals surface area contributed by atoms with Gasteiger partial charge in [0.1, 0.15) is 5.52 Å². The summed E-state index contributed by atoms with van der Waals surface area (Å²) in [6.07, 6.45) is 0. The Hall–Kier alpha value is -2.31. The van der Waals surface area contributed by atoms with Gasteiger partial charge in [-0.3, -0.25) is 4.79 Å². The van der Waals surface area contributed by atoms with Gasteiger partial charge in [0.15, 0.2) is 5.58 Å². The Morgan fingerprint density at radius 2 is 1.81 bits per heavy atom. The van der Waals surface area contributed by atoms with Crippen molar-refractivity contribution >= 4 is 28.8 Å². The standard InChI is InChI=1S/C21H23N3O2S/c1-2-23-11-13-24(14-12-23)20(25)17-8-4-3-7-16(17)15-27-21-22-18-9-5-6-10-19(18)26-21/h3-10H,2,11-15H2,1H3. The summed E-state index contributed by atoms with van der Waals surface area (Å²) in [5, 5.41) is 0.634. The molecule has 1 fully saturated rings. The number of aromatic nitrogens is 1. The van der Waals surface area contributed by atoms with Crippen molar-refractivity contribution in [2.24, 2.45) is 0 Å². The van der Waals surface area contributed by atoms with Gasteiger partial charge in [-0.05, 0) is 30.3 Å². The van der Waals surface area contributed by atoms with E-state index in [1.54, 1.807) is 0 Å². The second-order valence-electron chi connectivity index (χ2n) is 6.62. The van der Waals surface area contributed by atoms with E-state index in [2.05, 4.69) is 16.8 Å². The largest absolute Gasteiger partial charge is 0.431 e. The summed E-state index contributed by atoms with van der Waals surface area (Å²) in [5.74, 6) is 0.781. The quantitative estimate of drug-likeness (QED) is 0.628. The normalized spacial score (nSPS) is 15.4. The first-order chi connectivity index (χ1) is 13.2. The number of likely N-dealkylation sites (N-methyl/N-ethyl adjacent to an activating group) is 1. The number of oxazole rings is 1. The first kappa shape index (κ1) is 18.1. The number of amides is 1. The fourth-order valence-electron chi connectivity index (χ4n) is 3.34. The SMILES string of the molecule is CCN1CCN(C(=O)c2ccccc2CSc2nc3ccccc3o2)CC1. The van der Waals surface area contributed by atoms with Crippen LogP contribution >= 0.6 is 11.8 Å². The number of hydrogen-bond donors (Lipinski definition) is 0. The maximum atomic E-state index is 13.0. The molecule has 3 aromatic rings. The number of benzene rings is 2. The fourth-order valence-corrected chi connectivity index (χ4v) is 4.19. The molecule has 0 radical (unpaired) electrons. The van der Waals surface area contributed by atoms with Crippen LogP contribution in [-0.4, -0.2) is 53.4 Å². The number of carbonyl (C=O) groups excluding carboxylic acids is 1. The van der Waals surface area contributed by atoms with Crippen LogP contribution in [0.2, 0.25) is 0 Å². The number of rotatable bonds is 5. The average molecular weight is 382 g/mol. The number of piperazine rings is 1. The van der Waals surface area contributed by atoms with Crippen LogP contribution in [0.4, 0.5) is 0 Å². The molecule has 4 rings (SSSR count). The molecule has 1 amide bonds. The van der Waals surface area contributed by atoms with Gasteiger partial charge in [-0.1, -0.05) is 49.0 Å². The molecule has 1 aromatic heterocycles. The zero-order valence-electron chi connectivity index (χ0n) is 15.4. The summed E-state index contributed by atoms with van der Waals surface area (Å²) >= 11 is 1.52. The maximum Gasteiger partial charge on any atom is 0.257 e. The zero-order valence-corrected chi connectivity index (χ0v) is 16.2. The third kappa shape index (κ3) is 4.01. The minimum Gasteiger partial charge on any atom is -0.431 e. The molecular weight excluding hydrogens is 358 g/mol. The van der Waals surface area contributed by atoms with E-state index in [4.69, 9.17) is 4.42 Å². The number of thioether (sulfide) groups is 1. The van der Waals surface area contributed by atoms with Crippen molar-refractivity contribution in [3.8, 4) is 0 Å². The fraction of sp³-hybridized carbons (Fsp3) is 0.333. The van der Waals surface area contributed by atoms with E-state index in [1.807, 2.05) is 53.4 Å². The summed E-state index contributed by atoms with van der Waals surface area (Å²) in [4.78, 5) is 21.9. The van der Waals surface area contributed by atoms with E-state index in [1.165, 1.54) is 11.8 Å². The molecule has 140 valence electrons. The van der Waals surface area contributed by atoms with Gasteiger partial charge in [-0.15, -0.1) is 0 Å². The van der Waals surface area contributed by atoms with Gasteiger partial charge in [0.2, 0.25) is 0 Å². The monoisotopic (exact) mass is 381 g/mol. The molecule has 0 saturated carbocycles. The van der Waals surface area contributed by atoms with Crippen LogP contribution in [0.1, 0.15) is 22.8 Å². The lowest BCUT2D eigenvalue weighted by Crippen LogP contribution is -2.48. The molecule has 0 unspecified atom stereocenters. The first-order valence-corrected chi connectivity index (χ1v) is 10.3. The minimum atomic E-state index is 0.125. The van der Waals surface area contributed by atoms with Gasteiger partial charge < -0.3 is 14.2 Å². The Morgan fingerprint density at radius 3 is 2.59 bits per heavy atom. The van der Waals surface area contributed by atoms with Gasteiger partial charge in [0, 0.05) is 37.5 Å². The number of hydrogen-bond acceptors (Lipinski definition) is 5. The number of para-hydroxylation sites is 2. The van der Waals surface area contributed by atoms with Gasteiger partial charge in [-0.25, -0.2) is 4.98 Å². The van der Waals surface area contributed by atoms with Crippen molar-refractivity contribution in [2.75, 3.05) is 32.7 Å². The molecule has 0 N–H and O–H groups in total. The van der Waals surface area contributed by atoms with Crippen molar-refractivity contribution in [1.82, 2.24) is 14.8 Å². The third-order valence-electron chi connectivity index (χ3n) is 4.98. The number of nitrogens with zero attached hydrogens (tertiary/aromatic N) is 3. The topological polar surface area (TPSA) is 49.6 Å². The molecule has 6 heteroatoms. The van der Waals surface area contributed by atoms with Crippen molar-refractivity contribution in [3.63, 3.8) is 0 Å². The summed E-state index contributed by atoms with van der Waals surface area (Å²) in [6, 6.07) is 15.6. The predicted molar refractivity (Wildman–Crippen MR) is 108 cm³/mol. The Balaban J connectivity index is 1.46. The van der Waals surface area contributed by atoms with Crippen LogP contribution < -0.4 is 0 Å². The smallest absolute Gasteiger partial charge is 0.257 e. The van der Waals surface area contributed by atoms with E-state index in [0.717, 1.165) is 55.0 Å². The predicted octanol–water partition coefficient (Wildman–Crippen LogP) is 3.90. The highest BCUT2D eigenvalue weighted by molar-refractivity contribution is 7.98. The highest BCUT2D eigenvalue weighted by Gasteiger charge is 2.23. The van der Waals surface area contributed by atoms with E-state index in [9.17, 15) is 4.79 Å². The molecule has 0 spiro atoms. The molecular formula is C21H23N3O2S. The van der Waals surface area contributed by atoms with Gasteiger partial charge in [-0.2, -0.15) is 0 Å². The average Bonchev–Trinajstić information content (AvgIpc) is 3.15. The molecule has 2 heterocycles. The Bertz CT molecular complexity index is 899. The van der Waals surface area contributed by atoms with Crippen molar-refractivity contribution in [3.05, 3.63) is 59.7 Å². The number of fused-ring (bicyclic) bond motifs is 1. The van der Waals surface area contributed by atoms with Crippen molar-refractivity contribution < 1.29 is 9.21 Å². The van der Waals surface area contributed by atoms with E-state index in [-0.39, 0.29) is 5.91 Å². The summed E-state index contributed by atoms with van der Waals surface area (Å²) < 4.78 is 5.78. The second-order valence-corrected chi connectivity index (χ2v) is 7.55. The minimum absolute atomic E-state index is 0.125. The maximum absolute atomic E-state index is 13.0. The molecule has 1 aliphatic heterocycles. The van der Waals surface area contributed by atoms with Crippen LogP contribution in [0, 0.1) is 0 Å². The van der Waals surface area contributed by atoms with Crippen LogP contribution in [0.5, 0.6) is 0 Å². The molecule has 0 atom stereocenters. The van der Waals surface area contributed by atoms with Crippen LogP contribution in [-0.2, 0) is 5.75 Å². The van der Waals surface area contributed by atoms with Crippen LogP contribution in [0.3, 0.4) is 0 Å². The molecule has 27 heavy (non-hydrogen) atoms. The highest BCUT2D eigenvalue weighted by Crippen LogP contribution is 2.27.